The number of nitrogens with zero attached hydrogens (tertiary/aromatic N) is 3. The second kappa shape index (κ2) is 8.32. The number of carbonyl (C=O) groups is 1. The zero-order chi connectivity index (χ0) is 17.8. The van der Waals surface area contributed by atoms with E-state index in [1.165, 1.54) is 6.42 Å². The fourth-order valence-electron chi connectivity index (χ4n) is 3.89. The molecule has 3 rings (SSSR count). The minimum Gasteiger partial charge on any atom is -0.376 e. The predicted octanol–water partition coefficient (Wildman–Crippen LogP) is 2.64. The van der Waals surface area contributed by atoms with Crippen molar-refractivity contribution in [1.82, 2.24) is 14.7 Å². The highest BCUT2D eigenvalue weighted by Gasteiger charge is 2.29. The average molecular weight is 349 g/mol. The lowest BCUT2D eigenvalue weighted by atomic mass is 10.0. The topological polar surface area (TPSA) is 56.6 Å². The van der Waals surface area contributed by atoms with E-state index in [9.17, 15) is 4.79 Å². The molecule has 0 unspecified atom stereocenters. The number of aromatic nitrogens is 2. The molecule has 0 saturated carbocycles. The molecule has 25 heavy (non-hydrogen) atoms. The van der Waals surface area contributed by atoms with Gasteiger partial charge < -0.3 is 14.4 Å². The van der Waals surface area contributed by atoms with Crippen LogP contribution in [0.4, 0.5) is 0 Å². The minimum absolute atomic E-state index is 0.0852. The van der Waals surface area contributed by atoms with Gasteiger partial charge in [-0.25, -0.2) is 0 Å². The van der Waals surface area contributed by atoms with Gasteiger partial charge in [0.25, 0.3) is 5.91 Å². The molecule has 2 fully saturated rings. The second-order valence-corrected chi connectivity index (χ2v) is 7.42. The molecule has 0 aliphatic carbocycles. The van der Waals surface area contributed by atoms with Crippen molar-refractivity contribution in [1.29, 1.82) is 0 Å². The highest BCUT2D eigenvalue weighted by molar-refractivity contribution is 5.80. The third-order valence-corrected chi connectivity index (χ3v) is 5.25. The molecule has 140 valence electrons. The molecule has 0 N–H and O–H groups in total. The number of piperidine rings is 1. The summed E-state index contributed by atoms with van der Waals surface area (Å²) in [5.74, 6) is 0.0852. The first-order valence-corrected chi connectivity index (χ1v) is 9.59. The van der Waals surface area contributed by atoms with Crippen LogP contribution in [0.5, 0.6) is 0 Å². The van der Waals surface area contributed by atoms with Crippen molar-refractivity contribution in [2.75, 3.05) is 26.3 Å². The summed E-state index contributed by atoms with van der Waals surface area (Å²) in [4.78, 5) is 14.7. The summed E-state index contributed by atoms with van der Waals surface area (Å²) in [5.41, 5.74) is 2.20. The van der Waals surface area contributed by atoms with E-state index in [-0.39, 0.29) is 18.1 Å². The van der Waals surface area contributed by atoms with Gasteiger partial charge in [-0.15, -0.1) is 0 Å². The summed E-state index contributed by atoms with van der Waals surface area (Å²) in [7, 11) is 0. The van der Waals surface area contributed by atoms with E-state index in [1.54, 1.807) is 0 Å². The molecule has 3 heterocycles. The van der Waals surface area contributed by atoms with E-state index >= 15 is 0 Å². The van der Waals surface area contributed by atoms with Gasteiger partial charge in [0.05, 0.1) is 24.4 Å². The van der Waals surface area contributed by atoms with Gasteiger partial charge in [0.2, 0.25) is 0 Å². The average Bonchev–Trinajstić information content (AvgIpc) is 2.98. The second-order valence-electron chi connectivity index (χ2n) is 7.42. The molecule has 1 amide bonds. The van der Waals surface area contributed by atoms with Crippen LogP contribution in [0, 0.1) is 13.8 Å². The van der Waals surface area contributed by atoms with Crippen LogP contribution in [0.1, 0.15) is 56.5 Å². The maximum atomic E-state index is 12.8. The molecular formula is C19H31N3O3. The molecule has 1 aromatic heterocycles. The normalized spacial score (nSPS) is 25.8. The Morgan fingerprint density at radius 1 is 1.36 bits per heavy atom. The van der Waals surface area contributed by atoms with Crippen molar-refractivity contribution < 1.29 is 14.3 Å². The van der Waals surface area contributed by atoms with E-state index in [1.807, 2.05) is 18.7 Å². The van der Waals surface area contributed by atoms with Crippen molar-refractivity contribution in [3.05, 3.63) is 17.5 Å². The van der Waals surface area contributed by atoms with Crippen LogP contribution in [0.15, 0.2) is 6.07 Å². The molecular weight excluding hydrogens is 318 g/mol. The van der Waals surface area contributed by atoms with E-state index < -0.39 is 6.10 Å². The Morgan fingerprint density at radius 3 is 2.88 bits per heavy atom. The predicted molar refractivity (Wildman–Crippen MR) is 95.6 cm³/mol. The molecule has 2 aliphatic rings. The Morgan fingerprint density at radius 2 is 2.20 bits per heavy atom. The molecule has 0 spiro atoms. The Bertz CT molecular complexity index is 580. The first-order chi connectivity index (χ1) is 12.0. The van der Waals surface area contributed by atoms with Gasteiger partial charge >= 0.3 is 0 Å². The van der Waals surface area contributed by atoms with E-state index in [2.05, 4.69) is 22.8 Å². The summed E-state index contributed by atoms with van der Waals surface area (Å²) < 4.78 is 13.6. The Kier molecular flexibility index (Phi) is 6.12. The fourth-order valence-corrected chi connectivity index (χ4v) is 3.89. The van der Waals surface area contributed by atoms with Crippen molar-refractivity contribution in [2.24, 2.45) is 0 Å². The van der Waals surface area contributed by atoms with Gasteiger partial charge in [-0.05, 0) is 58.9 Å². The number of hydrogen-bond acceptors (Lipinski definition) is 4. The number of ether oxygens (including phenoxy) is 2. The number of rotatable bonds is 5. The standard InChI is InChI=1S/C19H31N3O3/c1-14-11-15(2)22(20-14)17-7-6-9-21(12-17)19(23)16(3)25-13-18-8-4-5-10-24-18/h11,16-18H,4-10,12-13H2,1-3H3/t16-,17-,18-/m1/s1. The molecule has 1 aromatic rings. The Hall–Kier alpha value is -1.40. The summed E-state index contributed by atoms with van der Waals surface area (Å²) in [6, 6.07) is 2.36. The monoisotopic (exact) mass is 349 g/mol. The van der Waals surface area contributed by atoms with E-state index in [0.717, 1.165) is 50.2 Å². The molecule has 2 aliphatic heterocycles. The first kappa shape index (κ1) is 18.4. The summed E-state index contributed by atoms with van der Waals surface area (Å²) in [6.07, 6.45) is 5.16. The zero-order valence-electron chi connectivity index (χ0n) is 15.7. The SMILES string of the molecule is Cc1cc(C)n([C@@H]2CCCN(C(=O)[C@@H](C)OC[C@H]3CCCCO3)C2)n1. The van der Waals surface area contributed by atoms with Gasteiger partial charge in [-0.2, -0.15) is 5.10 Å². The number of aryl methyl sites for hydroxylation is 2. The Labute approximate surface area is 150 Å². The van der Waals surface area contributed by atoms with Crippen molar-refractivity contribution >= 4 is 5.91 Å². The van der Waals surface area contributed by atoms with Gasteiger partial charge in [0.1, 0.15) is 6.10 Å². The first-order valence-electron chi connectivity index (χ1n) is 9.59. The van der Waals surface area contributed by atoms with Crippen LogP contribution in [0.3, 0.4) is 0 Å². The van der Waals surface area contributed by atoms with E-state index in [0.29, 0.717) is 13.2 Å². The maximum Gasteiger partial charge on any atom is 0.251 e. The van der Waals surface area contributed by atoms with Crippen LogP contribution in [0.25, 0.3) is 0 Å². The molecule has 0 bridgehead atoms. The summed E-state index contributed by atoms with van der Waals surface area (Å²) in [5, 5.41) is 4.60. The van der Waals surface area contributed by atoms with Gasteiger partial charge in [0, 0.05) is 25.4 Å². The highest BCUT2D eigenvalue weighted by atomic mass is 16.5. The fraction of sp³-hybridized carbons (Fsp3) is 0.789. The van der Waals surface area contributed by atoms with Gasteiger partial charge in [-0.3, -0.25) is 9.48 Å². The molecule has 6 heteroatoms. The quantitative estimate of drug-likeness (QED) is 0.820. The minimum atomic E-state index is -0.412. The van der Waals surface area contributed by atoms with Crippen LogP contribution in [-0.4, -0.2) is 59.1 Å². The maximum absolute atomic E-state index is 12.8. The Balaban J connectivity index is 1.53. The largest absolute Gasteiger partial charge is 0.376 e. The number of amides is 1. The third kappa shape index (κ3) is 4.61. The molecule has 3 atom stereocenters. The lowest BCUT2D eigenvalue weighted by Crippen LogP contribution is -2.46. The summed E-state index contributed by atoms with van der Waals surface area (Å²) in [6.45, 7) is 8.80. The smallest absolute Gasteiger partial charge is 0.251 e. The van der Waals surface area contributed by atoms with Crippen molar-refractivity contribution in [3.8, 4) is 0 Å². The van der Waals surface area contributed by atoms with Crippen LogP contribution in [0.2, 0.25) is 0 Å². The van der Waals surface area contributed by atoms with Crippen LogP contribution in [-0.2, 0) is 14.3 Å². The van der Waals surface area contributed by atoms with Crippen molar-refractivity contribution in [3.63, 3.8) is 0 Å². The van der Waals surface area contributed by atoms with Crippen LogP contribution < -0.4 is 0 Å². The molecule has 0 radical (unpaired) electrons. The zero-order valence-corrected chi connectivity index (χ0v) is 15.7. The van der Waals surface area contributed by atoms with Crippen molar-refractivity contribution in [2.45, 2.75) is 71.1 Å². The third-order valence-electron chi connectivity index (χ3n) is 5.25. The number of hydrogen-bond donors (Lipinski definition) is 0. The van der Waals surface area contributed by atoms with E-state index in [4.69, 9.17) is 9.47 Å². The molecule has 0 aromatic carbocycles. The summed E-state index contributed by atoms with van der Waals surface area (Å²) >= 11 is 0. The van der Waals surface area contributed by atoms with Gasteiger partial charge in [0.15, 0.2) is 0 Å². The number of carbonyl (C=O) groups excluding carboxylic acids is 1. The van der Waals surface area contributed by atoms with Crippen LogP contribution >= 0.6 is 0 Å². The lowest BCUT2D eigenvalue weighted by molar-refractivity contribution is -0.147. The molecule has 6 nitrogen and oxygen atoms in total. The lowest BCUT2D eigenvalue weighted by Gasteiger charge is -2.35. The molecule has 2 saturated heterocycles. The highest BCUT2D eigenvalue weighted by Crippen LogP contribution is 2.24. The number of likely N-dealkylation sites (tertiary alicyclic amines) is 1. The van der Waals surface area contributed by atoms with Gasteiger partial charge in [-0.1, -0.05) is 0 Å².